The summed E-state index contributed by atoms with van der Waals surface area (Å²) in [6.45, 7) is 4.86. The normalized spacial score (nSPS) is 14.6. The summed E-state index contributed by atoms with van der Waals surface area (Å²) in [5.41, 5.74) is 4.66. The van der Waals surface area contributed by atoms with E-state index in [1.165, 1.54) is 22.5 Å². The predicted octanol–water partition coefficient (Wildman–Crippen LogP) is 5.96. The number of hydrogen-bond donors (Lipinski definition) is 2. The van der Waals surface area contributed by atoms with Crippen molar-refractivity contribution in [1.82, 2.24) is 9.88 Å². The lowest BCUT2D eigenvalue weighted by Crippen LogP contribution is -2.37. The fourth-order valence-electron chi connectivity index (χ4n) is 4.56. The molecule has 2 heterocycles. The number of carbonyl (C=O) groups excluding carboxylic acids is 2. The van der Waals surface area contributed by atoms with E-state index in [4.69, 9.17) is 0 Å². The van der Waals surface area contributed by atoms with Crippen LogP contribution < -0.4 is 10.6 Å². The van der Waals surface area contributed by atoms with Crippen LogP contribution in [-0.2, 0) is 17.8 Å². The number of piperidine rings is 1. The summed E-state index contributed by atoms with van der Waals surface area (Å²) in [4.78, 5) is 32.5. The fourth-order valence-corrected chi connectivity index (χ4v) is 5.46. The topological polar surface area (TPSA) is 74.3 Å². The van der Waals surface area contributed by atoms with Crippen LogP contribution in [0.2, 0.25) is 0 Å². The molecule has 1 fully saturated rings. The van der Waals surface area contributed by atoms with Crippen molar-refractivity contribution in [2.75, 3.05) is 23.7 Å². The molecule has 1 aliphatic rings. The minimum Gasteiger partial charge on any atom is -0.326 e. The molecule has 4 aromatic rings. The number of aromatic nitrogens is 1. The summed E-state index contributed by atoms with van der Waals surface area (Å²) in [5, 5.41) is 6.53. The number of amides is 2. The lowest BCUT2D eigenvalue weighted by atomic mass is 9.95. The number of fused-ring (bicyclic) bond motifs is 1. The number of nitrogens with one attached hydrogen (secondary N) is 2. The lowest BCUT2D eigenvalue weighted by Gasteiger charge is -2.31. The van der Waals surface area contributed by atoms with E-state index in [1.807, 2.05) is 48.5 Å². The number of anilines is 2. The molecule has 0 atom stereocenters. The smallest absolute Gasteiger partial charge is 0.257 e. The van der Waals surface area contributed by atoms with Crippen molar-refractivity contribution in [2.45, 2.75) is 32.7 Å². The van der Waals surface area contributed by atoms with E-state index in [1.54, 1.807) is 0 Å². The monoisotopic (exact) mass is 498 g/mol. The molecule has 2 amide bonds. The van der Waals surface area contributed by atoms with Gasteiger partial charge in [0.25, 0.3) is 5.91 Å². The Morgan fingerprint density at radius 2 is 1.69 bits per heavy atom. The molecule has 184 valence electrons. The Kier molecular flexibility index (Phi) is 7.39. The van der Waals surface area contributed by atoms with Crippen LogP contribution >= 0.6 is 11.3 Å². The van der Waals surface area contributed by atoms with Gasteiger partial charge in [-0.15, -0.1) is 0 Å². The molecule has 1 saturated heterocycles. The van der Waals surface area contributed by atoms with Crippen molar-refractivity contribution < 1.29 is 9.59 Å². The molecule has 3 aromatic carbocycles. The second-order valence-corrected chi connectivity index (χ2v) is 10.3. The van der Waals surface area contributed by atoms with Crippen LogP contribution in [0.25, 0.3) is 10.2 Å². The van der Waals surface area contributed by atoms with Crippen molar-refractivity contribution in [1.29, 1.82) is 0 Å². The van der Waals surface area contributed by atoms with Crippen LogP contribution in [-0.4, -0.2) is 34.8 Å². The third kappa shape index (κ3) is 5.80. The molecule has 36 heavy (non-hydrogen) atoms. The summed E-state index contributed by atoms with van der Waals surface area (Å²) < 4.78 is 0.919. The van der Waals surface area contributed by atoms with Gasteiger partial charge in [-0.2, -0.15) is 0 Å². The van der Waals surface area contributed by atoms with Gasteiger partial charge in [0, 0.05) is 23.7 Å². The van der Waals surface area contributed by atoms with Crippen molar-refractivity contribution in [3.05, 3.63) is 89.5 Å². The van der Waals surface area contributed by atoms with Gasteiger partial charge in [-0.25, -0.2) is 4.98 Å². The summed E-state index contributed by atoms with van der Waals surface area (Å²) >= 11 is 1.40. The Hall–Kier alpha value is -3.55. The van der Waals surface area contributed by atoms with Gasteiger partial charge in [-0.05, 0) is 73.8 Å². The Morgan fingerprint density at radius 1 is 0.944 bits per heavy atom. The molecule has 0 spiro atoms. The molecular weight excluding hydrogens is 468 g/mol. The van der Waals surface area contributed by atoms with Crippen LogP contribution in [0, 0.1) is 5.92 Å². The van der Waals surface area contributed by atoms with E-state index < -0.39 is 0 Å². The molecule has 0 radical (unpaired) electrons. The number of aryl methyl sites for hydroxylation is 1. The molecule has 0 unspecified atom stereocenters. The minimum atomic E-state index is -0.177. The zero-order valence-electron chi connectivity index (χ0n) is 20.4. The first kappa shape index (κ1) is 24.2. The average Bonchev–Trinajstić information content (AvgIpc) is 3.31. The molecule has 0 bridgehead atoms. The van der Waals surface area contributed by atoms with E-state index in [0.29, 0.717) is 10.7 Å². The number of benzene rings is 3. The average molecular weight is 499 g/mol. The summed E-state index contributed by atoms with van der Waals surface area (Å²) in [7, 11) is 0. The molecule has 6 nitrogen and oxygen atoms in total. The van der Waals surface area contributed by atoms with Crippen molar-refractivity contribution in [3.8, 4) is 0 Å². The standard InChI is InChI=1S/C29H30N4O2S/c1-2-20-8-10-22(11-9-20)28(35)32-29-31-25-13-12-24(18-26(25)36-29)30-27(34)23-14-16-33(17-15-23)19-21-6-4-3-5-7-21/h3-13,18,23H,2,14-17,19H2,1H3,(H,30,34)(H,31,32,35). The van der Waals surface area contributed by atoms with Gasteiger partial charge in [0.1, 0.15) is 0 Å². The summed E-state index contributed by atoms with van der Waals surface area (Å²) in [5.74, 6) is -0.0887. The number of likely N-dealkylation sites (tertiary alicyclic amines) is 1. The van der Waals surface area contributed by atoms with E-state index in [-0.39, 0.29) is 17.7 Å². The summed E-state index contributed by atoms with van der Waals surface area (Å²) in [6.07, 6.45) is 2.65. The third-order valence-electron chi connectivity index (χ3n) is 6.71. The highest BCUT2D eigenvalue weighted by Crippen LogP contribution is 2.29. The lowest BCUT2D eigenvalue weighted by molar-refractivity contribution is -0.121. The maximum absolute atomic E-state index is 12.9. The maximum Gasteiger partial charge on any atom is 0.257 e. The second kappa shape index (κ2) is 11.0. The number of thiazole rings is 1. The van der Waals surface area contributed by atoms with Crippen molar-refractivity contribution in [3.63, 3.8) is 0 Å². The Morgan fingerprint density at radius 3 is 2.42 bits per heavy atom. The van der Waals surface area contributed by atoms with Gasteiger partial charge < -0.3 is 5.32 Å². The van der Waals surface area contributed by atoms with Gasteiger partial charge in [0.05, 0.1) is 10.2 Å². The Balaban J connectivity index is 1.16. The van der Waals surface area contributed by atoms with E-state index in [9.17, 15) is 9.59 Å². The highest BCUT2D eigenvalue weighted by molar-refractivity contribution is 7.22. The first-order valence-corrected chi connectivity index (χ1v) is 13.3. The van der Waals surface area contributed by atoms with E-state index in [2.05, 4.69) is 51.7 Å². The van der Waals surface area contributed by atoms with Crippen molar-refractivity contribution >= 4 is 44.2 Å². The number of rotatable bonds is 7. The zero-order chi connectivity index (χ0) is 24.9. The van der Waals surface area contributed by atoms with Crippen molar-refractivity contribution in [2.24, 2.45) is 5.92 Å². The van der Waals surface area contributed by atoms with Crippen LogP contribution in [0.5, 0.6) is 0 Å². The highest BCUT2D eigenvalue weighted by atomic mass is 32.1. The van der Waals surface area contributed by atoms with E-state index >= 15 is 0 Å². The van der Waals surface area contributed by atoms with Crippen LogP contribution in [0.1, 0.15) is 41.3 Å². The number of carbonyl (C=O) groups is 2. The SMILES string of the molecule is CCc1ccc(C(=O)Nc2nc3ccc(NC(=O)C4CCN(Cc5ccccc5)CC4)cc3s2)cc1. The summed E-state index contributed by atoms with van der Waals surface area (Å²) in [6, 6.07) is 23.8. The molecule has 0 saturated carbocycles. The molecule has 2 N–H and O–H groups in total. The highest BCUT2D eigenvalue weighted by Gasteiger charge is 2.25. The fraction of sp³-hybridized carbons (Fsp3) is 0.276. The molecule has 0 aliphatic carbocycles. The first-order chi connectivity index (χ1) is 17.6. The molecule has 7 heteroatoms. The quantitative estimate of drug-likeness (QED) is 0.330. The van der Waals surface area contributed by atoms with Crippen LogP contribution in [0.15, 0.2) is 72.8 Å². The van der Waals surface area contributed by atoms with Crippen LogP contribution in [0.3, 0.4) is 0 Å². The minimum absolute atomic E-state index is 0.0168. The number of nitrogens with zero attached hydrogens (tertiary/aromatic N) is 2. The predicted molar refractivity (Wildman–Crippen MR) is 146 cm³/mol. The molecule has 1 aliphatic heterocycles. The van der Waals surface area contributed by atoms with Gasteiger partial charge in [-0.1, -0.05) is 60.7 Å². The largest absolute Gasteiger partial charge is 0.326 e. The number of hydrogen-bond acceptors (Lipinski definition) is 5. The molecular formula is C29H30N4O2S. The molecule has 1 aromatic heterocycles. The van der Waals surface area contributed by atoms with Crippen LogP contribution in [0.4, 0.5) is 10.8 Å². The Bertz CT molecular complexity index is 1340. The van der Waals surface area contributed by atoms with Gasteiger partial charge >= 0.3 is 0 Å². The molecule has 5 rings (SSSR count). The third-order valence-corrected chi connectivity index (χ3v) is 7.64. The van der Waals surface area contributed by atoms with Gasteiger partial charge in [-0.3, -0.25) is 19.8 Å². The zero-order valence-corrected chi connectivity index (χ0v) is 21.2. The Labute approximate surface area is 215 Å². The maximum atomic E-state index is 12.9. The van der Waals surface area contributed by atoms with Gasteiger partial charge in [0.15, 0.2) is 5.13 Å². The first-order valence-electron chi connectivity index (χ1n) is 12.5. The van der Waals surface area contributed by atoms with E-state index in [0.717, 1.165) is 54.8 Å². The second-order valence-electron chi connectivity index (χ2n) is 9.23. The van der Waals surface area contributed by atoms with Gasteiger partial charge in [0.2, 0.25) is 5.91 Å².